The molecular formula is C20H21N5O3. The average molecular weight is 379 g/mol. The zero-order valence-corrected chi connectivity index (χ0v) is 15.7. The molecule has 0 bridgehead atoms. The number of anilines is 1. The molecular weight excluding hydrogens is 358 g/mol. The Balaban J connectivity index is 1.43. The molecule has 2 N–H and O–H groups in total. The van der Waals surface area contributed by atoms with Gasteiger partial charge >= 0.3 is 6.03 Å². The van der Waals surface area contributed by atoms with Crippen LogP contribution in [-0.2, 0) is 9.47 Å². The number of carbonyl (C=O) groups excluding carboxylic acids is 1. The Bertz CT molecular complexity index is 994. The van der Waals surface area contributed by atoms with E-state index in [2.05, 4.69) is 25.6 Å². The number of ether oxygens (including phenoxy) is 2. The molecule has 0 spiro atoms. The maximum Gasteiger partial charge on any atom is 0.320 e. The highest BCUT2D eigenvalue weighted by Gasteiger charge is 2.32. The van der Waals surface area contributed by atoms with Gasteiger partial charge in [-0.25, -0.2) is 14.8 Å². The Morgan fingerprint density at radius 2 is 2.00 bits per heavy atom. The average Bonchev–Trinajstić information content (AvgIpc) is 3.05. The molecule has 1 aromatic carbocycles. The topological polar surface area (TPSA) is 98.3 Å². The van der Waals surface area contributed by atoms with Crippen molar-refractivity contribution in [2.75, 3.05) is 18.5 Å². The number of aromatic nitrogens is 3. The van der Waals surface area contributed by atoms with Gasteiger partial charge in [0.15, 0.2) is 11.4 Å². The molecule has 3 aromatic rings. The Morgan fingerprint density at radius 1 is 1.18 bits per heavy atom. The van der Waals surface area contributed by atoms with Gasteiger partial charge in [-0.3, -0.25) is 10.3 Å². The predicted molar refractivity (Wildman–Crippen MR) is 105 cm³/mol. The summed E-state index contributed by atoms with van der Waals surface area (Å²) in [4.78, 5) is 25.5. The fourth-order valence-electron chi connectivity index (χ4n) is 2.95. The second-order valence-electron chi connectivity index (χ2n) is 6.95. The second-order valence-corrected chi connectivity index (χ2v) is 6.95. The van der Waals surface area contributed by atoms with E-state index in [4.69, 9.17) is 9.47 Å². The third-order valence-corrected chi connectivity index (χ3v) is 4.28. The number of hydrogen-bond donors (Lipinski definition) is 2. The van der Waals surface area contributed by atoms with E-state index in [0.717, 1.165) is 11.3 Å². The molecule has 8 nitrogen and oxygen atoms in total. The number of amides is 2. The maximum atomic E-state index is 12.2. The van der Waals surface area contributed by atoms with E-state index < -0.39 is 5.79 Å². The number of benzene rings is 1. The van der Waals surface area contributed by atoms with Gasteiger partial charge in [0.2, 0.25) is 0 Å². The van der Waals surface area contributed by atoms with Gasteiger partial charge in [-0.2, -0.15) is 0 Å². The fourth-order valence-corrected chi connectivity index (χ4v) is 2.95. The quantitative estimate of drug-likeness (QED) is 0.723. The summed E-state index contributed by atoms with van der Waals surface area (Å²) in [5.41, 5.74) is 2.80. The standard InChI is InChI=1S/C20H21N5O3/c1-20(2)27-12-14(28-20)10-22-19(26)25-17-9-8-15-18(24-17)23-16(11-21-15)13-6-4-3-5-7-13/h3-9,11,14H,10,12H2,1-2H3,(H2,22,23,24,25,26). The maximum absolute atomic E-state index is 12.2. The summed E-state index contributed by atoms with van der Waals surface area (Å²) in [5.74, 6) is -0.217. The fraction of sp³-hybridized carbons (Fsp3) is 0.300. The highest BCUT2D eigenvalue weighted by molar-refractivity contribution is 5.89. The van der Waals surface area contributed by atoms with Crippen LogP contribution in [0.5, 0.6) is 0 Å². The molecule has 28 heavy (non-hydrogen) atoms. The highest BCUT2D eigenvalue weighted by atomic mass is 16.7. The summed E-state index contributed by atoms with van der Waals surface area (Å²) in [6.45, 7) is 4.48. The molecule has 0 saturated carbocycles. The van der Waals surface area contributed by atoms with Crippen LogP contribution >= 0.6 is 0 Å². The normalized spacial score (nSPS) is 18.1. The Hall–Kier alpha value is -3.10. The minimum Gasteiger partial charge on any atom is -0.348 e. The van der Waals surface area contributed by atoms with Gasteiger partial charge < -0.3 is 14.8 Å². The second kappa shape index (κ2) is 7.49. The first-order valence-electron chi connectivity index (χ1n) is 9.04. The van der Waals surface area contributed by atoms with Crippen LogP contribution in [-0.4, -0.2) is 46.0 Å². The number of rotatable bonds is 4. The molecule has 1 unspecified atom stereocenters. The van der Waals surface area contributed by atoms with Crippen LogP contribution in [0.2, 0.25) is 0 Å². The lowest BCUT2D eigenvalue weighted by Gasteiger charge is -2.17. The molecule has 8 heteroatoms. The van der Waals surface area contributed by atoms with E-state index in [1.54, 1.807) is 18.3 Å². The smallest absolute Gasteiger partial charge is 0.320 e. The lowest BCUT2D eigenvalue weighted by atomic mass is 10.2. The van der Waals surface area contributed by atoms with Crippen molar-refractivity contribution in [1.29, 1.82) is 0 Å². The van der Waals surface area contributed by atoms with Crippen LogP contribution in [0.25, 0.3) is 22.4 Å². The van der Waals surface area contributed by atoms with Gasteiger partial charge in [0.25, 0.3) is 0 Å². The van der Waals surface area contributed by atoms with Crippen molar-refractivity contribution < 1.29 is 14.3 Å². The number of nitrogens with one attached hydrogen (secondary N) is 2. The zero-order chi connectivity index (χ0) is 19.6. The third kappa shape index (κ3) is 4.24. The van der Waals surface area contributed by atoms with E-state index >= 15 is 0 Å². The van der Waals surface area contributed by atoms with Crippen LogP contribution < -0.4 is 10.6 Å². The SMILES string of the molecule is CC1(C)OCC(CNC(=O)Nc2ccc3ncc(-c4ccccc4)nc3n2)O1. The minimum atomic E-state index is -0.613. The first-order chi connectivity index (χ1) is 13.5. The van der Waals surface area contributed by atoms with Crippen molar-refractivity contribution >= 4 is 23.0 Å². The molecule has 144 valence electrons. The lowest BCUT2D eigenvalue weighted by molar-refractivity contribution is -0.137. The zero-order valence-electron chi connectivity index (χ0n) is 15.7. The number of nitrogens with zero attached hydrogens (tertiary/aromatic N) is 3. The molecule has 1 fully saturated rings. The Labute approximate surface area is 162 Å². The van der Waals surface area contributed by atoms with Crippen LogP contribution in [0.1, 0.15) is 13.8 Å². The molecule has 0 aliphatic carbocycles. The van der Waals surface area contributed by atoms with Crippen LogP contribution in [0.4, 0.5) is 10.6 Å². The molecule has 0 radical (unpaired) electrons. The highest BCUT2D eigenvalue weighted by Crippen LogP contribution is 2.22. The van der Waals surface area contributed by atoms with Gasteiger partial charge in [-0.05, 0) is 26.0 Å². The number of hydrogen-bond acceptors (Lipinski definition) is 6. The molecule has 2 amide bonds. The van der Waals surface area contributed by atoms with Gasteiger partial charge in [0, 0.05) is 12.1 Å². The van der Waals surface area contributed by atoms with E-state index in [-0.39, 0.29) is 12.1 Å². The van der Waals surface area contributed by atoms with Crippen LogP contribution in [0.15, 0.2) is 48.7 Å². The van der Waals surface area contributed by atoms with Crippen LogP contribution in [0, 0.1) is 0 Å². The first kappa shape index (κ1) is 18.3. The van der Waals surface area contributed by atoms with E-state index in [0.29, 0.717) is 30.1 Å². The molecule has 3 heterocycles. The van der Waals surface area contributed by atoms with Crippen LogP contribution in [0.3, 0.4) is 0 Å². The number of fused-ring (bicyclic) bond motifs is 1. The summed E-state index contributed by atoms with van der Waals surface area (Å²) in [6.07, 6.45) is 1.54. The van der Waals surface area contributed by atoms with Crippen molar-refractivity contribution in [2.45, 2.75) is 25.7 Å². The van der Waals surface area contributed by atoms with E-state index in [1.165, 1.54) is 0 Å². The Kier molecular flexibility index (Phi) is 4.89. The van der Waals surface area contributed by atoms with Gasteiger partial charge in [0.05, 0.1) is 18.5 Å². The summed E-state index contributed by atoms with van der Waals surface area (Å²) in [6, 6.07) is 12.8. The molecule has 4 rings (SSSR count). The molecule has 1 aliphatic heterocycles. The molecule has 1 atom stereocenters. The number of pyridine rings is 1. The van der Waals surface area contributed by atoms with Crippen molar-refractivity contribution in [3.63, 3.8) is 0 Å². The number of carbonyl (C=O) groups is 1. The van der Waals surface area contributed by atoms with Gasteiger partial charge in [-0.15, -0.1) is 0 Å². The van der Waals surface area contributed by atoms with Crippen molar-refractivity contribution in [1.82, 2.24) is 20.3 Å². The van der Waals surface area contributed by atoms with Crippen molar-refractivity contribution in [3.05, 3.63) is 48.7 Å². The van der Waals surface area contributed by atoms with Gasteiger partial charge in [-0.1, -0.05) is 30.3 Å². The van der Waals surface area contributed by atoms with E-state index in [1.807, 2.05) is 44.2 Å². The Morgan fingerprint density at radius 3 is 2.75 bits per heavy atom. The molecule has 1 aliphatic rings. The summed E-state index contributed by atoms with van der Waals surface area (Å²) in [5, 5.41) is 5.48. The minimum absolute atomic E-state index is 0.176. The summed E-state index contributed by atoms with van der Waals surface area (Å²) in [7, 11) is 0. The lowest BCUT2D eigenvalue weighted by Crippen LogP contribution is -2.37. The van der Waals surface area contributed by atoms with Crippen molar-refractivity contribution in [2.24, 2.45) is 0 Å². The summed E-state index contributed by atoms with van der Waals surface area (Å²) < 4.78 is 11.1. The predicted octanol–water partition coefficient (Wildman–Crippen LogP) is 2.96. The monoisotopic (exact) mass is 379 g/mol. The van der Waals surface area contributed by atoms with Crippen molar-refractivity contribution in [3.8, 4) is 11.3 Å². The third-order valence-electron chi connectivity index (χ3n) is 4.28. The van der Waals surface area contributed by atoms with E-state index in [9.17, 15) is 4.79 Å². The molecule has 2 aromatic heterocycles. The number of urea groups is 1. The first-order valence-corrected chi connectivity index (χ1v) is 9.04. The molecule has 1 saturated heterocycles. The summed E-state index contributed by atoms with van der Waals surface area (Å²) >= 11 is 0. The largest absolute Gasteiger partial charge is 0.348 e. The van der Waals surface area contributed by atoms with Gasteiger partial charge in [0.1, 0.15) is 17.4 Å².